The van der Waals surface area contributed by atoms with E-state index < -0.39 is 0 Å². The highest BCUT2D eigenvalue weighted by molar-refractivity contribution is 7.11. The van der Waals surface area contributed by atoms with Crippen molar-refractivity contribution < 1.29 is 4.79 Å². The molecular weight excluding hydrogens is 272 g/mol. The second-order valence-electron chi connectivity index (χ2n) is 5.06. The Balaban J connectivity index is 2.08. The van der Waals surface area contributed by atoms with Gasteiger partial charge in [0.15, 0.2) is 0 Å². The van der Waals surface area contributed by atoms with E-state index in [1.165, 1.54) is 0 Å². The van der Waals surface area contributed by atoms with Gasteiger partial charge in [-0.2, -0.15) is 5.10 Å². The van der Waals surface area contributed by atoms with E-state index in [9.17, 15) is 4.79 Å². The summed E-state index contributed by atoms with van der Waals surface area (Å²) in [7, 11) is 3.70. The molecule has 2 heterocycles. The highest BCUT2D eigenvalue weighted by Crippen LogP contribution is 2.28. The fourth-order valence-electron chi connectivity index (χ4n) is 2.19. The number of hydrogen-bond acceptors (Lipinski definition) is 4. The second-order valence-corrected chi connectivity index (χ2v) is 6.30. The molecule has 0 N–H and O–H groups in total. The quantitative estimate of drug-likeness (QED) is 0.868. The molecule has 0 saturated heterocycles. The SMILES string of the molecule is Cc1nc(C)c(C(C)N(C)C(=O)Cc2cnn(C)c2)s1. The van der Waals surface area contributed by atoms with Crippen molar-refractivity contribution in [3.8, 4) is 0 Å². The fraction of sp³-hybridized carbons (Fsp3) is 0.500. The first kappa shape index (κ1) is 14.7. The molecule has 0 fully saturated rings. The minimum absolute atomic E-state index is 0.0466. The summed E-state index contributed by atoms with van der Waals surface area (Å²) in [4.78, 5) is 19.7. The van der Waals surface area contributed by atoms with Gasteiger partial charge >= 0.3 is 0 Å². The number of amides is 1. The van der Waals surface area contributed by atoms with E-state index in [2.05, 4.69) is 10.1 Å². The zero-order valence-electron chi connectivity index (χ0n) is 12.5. The van der Waals surface area contributed by atoms with Crippen LogP contribution < -0.4 is 0 Å². The third-order valence-electron chi connectivity index (χ3n) is 3.41. The van der Waals surface area contributed by atoms with Crippen LogP contribution in [0.5, 0.6) is 0 Å². The first-order valence-corrected chi connectivity index (χ1v) is 7.37. The van der Waals surface area contributed by atoms with Gasteiger partial charge in [0.1, 0.15) is 0 Å². The predicted octanol–water partition coefficient (Wildman–Crippen LogP) is 2.26. The minimum atomic E-state index is 0.0466. The first-order valence-electron chi connectivity index (χ1n) is 6.55. The molecule has 1 unspecified atom stereocenters. The molecule has 0 aliphatic heterocycles. The van der Waals surface area contributed by atoms with Crippen LogP contribution in [0.3, 0.4) is 0 Å². The molecule has 2 aromatic heterocycles. The van der Waals surface area contributed by atoms with Gasteiger partial charge < -0.3 is 4.90 Å². The lowest BCUT2D eigenvalue weighted by atomic mass is 10.1. The number of aryl methyl sites for hydroxylation is 3. The van der Waals surface area contributed by atoms with E-state index in [1.54, 1.807) is 27.1 Å². The van der Waals surface area contributed by atoms with E-state index in [1.807, 2.05) is 41.1 Å². The van der Waals surface area contributed by atoms with E-state index in [-0.39, 0.29) is 11.9 Å². The van der Waals surface area contributed by atoms with Crippen LogP contribution >= 0.6 is 11.3 Å². The zero-order valence-corrected chi connectivity index (χ0v) is 13.4. The highest BCUT2D eigenvalue weighted by Gasteiger charge is 2.21. The van der Waals surface area contributed by atoms with Crippen molar-refractivity contribution in [2.24, 2.45) is 7.05 Å². The first-order chi connectivity index (χ1) is 9.38. The van der Waals surface area contributed by atoms with Crippen LogP contribution in [-0.4, -0.2) is 32.6 Å². The number of hydrogen-bond donors (Lipinski definition) is 0. The largest absolute Gasteiger partial charge is 0.338 e. The summed E-state index contributed by atoms with van der Waals surface area (Å²) in [6.45, 7) is 6.03. The van der Waals surface area contributed by atoms with Gasteiger partial charge in [-0.05, 0) is 26.3 Å². The van der Waals surface area contributed by atoms with Crippen LogP contribution in [0.25, 0.3) is 0 Å². The smallest absolute Gasteiger partial charge is 0.227 e. The predicted molar refractivity (Wildman–Crippen MR) is 79.7 cm³/mol. The molecule has 0 saturated carbocycles. The maximum atomic E-state index is 12.3. The van der Waals surface area contributed by atoms with Crippen molar-refractivity contribution >= 4 is 17.2 Å². The van der Waals surface area contributed by atoms with Gasteiger partial charge in [-0.15, -0.1) is 11.3 Å². The third kappa shape index (κ3) is 3.07. The van der Waals surface area contributed by atoms with Crippen molar-refractivity contribution in [1.29, 1.82) is 0 Å². The monoisotopic (exact) mass is 292 g/mol. The van der Waals surface area contributed by atoms with Crippen molar-refractivity contribution in [1.82, 2.24) is 19.7 Å². The summed E-state index contributed by atoms with van der Waals surface area (Å²) >= 11 is 1.66. The summed E-state index contributed by atoms with van der Waals surface area (Å²) in [6.07, 6.45) is 3.99. The van der Waals surface area contributed by atoms with Crippen LogP contribution in [0.1, 0.15) is 34.1 Å². The van der Waals surface area contributed by atoms with Crippen LogP contribution in [-0.2, 0) is 18.3 Å². The molecule has 0 aromatic carbocycles. The van der Waals surface area contributed by atoms with Gasteiger partial charge in [-0.25, -0.2) is 4.98 Å². The number of aromatic nitrogens is 3. The Labute approximate surface area is 123 Å². The van der Waals surface area contributed by atoms with Crippen LogP contribution in [0, 0.1) is 13.8 Å². The van der Waals surface area contributed by atoms with Gasteiger partial charge in [0.25, 0.3) is 0 Å². The topological polar surface area (TPSA) is 51.0 Å². The Bertz CT molecular complexity index is 616. The lowest BCUT2D eigenvalue weighted by Crippen LogP contribution is -2.30. The summed E-state index contributed by atoms with van der Waals surface area (Å²) in [5.74, 6) is 0.0935. The molecule has 2 aromatic rings. The molecule has 6 heteroatoms. The fourth-order valence-corrected chi connectivity index (χ4v) is 3.21. The number of carbonyl (C=O) groups excluding carboxylic acids is 1. The lowest BCUT2D eigenvalue weighted by molar-refractivity contribution is -0.131. The zero-order chi connectivity index (χ0) is 14.9. The van der Waals surface area contributed by atoms with Gasteiger partial charge in [0.05, 0.1) is 29.4 Å². The summed E-state index contributed by atoms with van der Waals surface area (Å²) < 4.78 is 1.71. The van der Waals surface area contributed by atoms with Gasteiger partial charge in [-0.3, -0.25) is 9.48 Å². The number of rotatable bonds is 4. The average Bonchev–Trinajstić information content (AvgIpc) is 2.93. The maximum Gasteiger partial charge on any atom is 0.227 e. The lowest BCUT2D eigenvalue weighted by Gasteiger charge is -2.24. The Morgan fingerprint density at radius 2 is 2.20 bits per heavy atom. The molecule has 0 aliphatic rings. The van der Waals surface area contributed by atoms with E-state index in [4.69, 9.17) is 0 Å². The number of nitrogens with zero attached hydrogens (tertiary/aromatic N) is 4. The van der Waals surface area contributed by atoms with Crippen LogP contribution in [0.4, 0.5) is 0 Å². The Hall–Kier alpha value is -1.69. The van der Waals surface area contributed by atoms with Gasteiger partial charge in [0, 0.05) is 25.2 Å². The van der Waals surface area contributed by atoms with E-state index in [0.717, 1.165) is 21.1 Å². The molecule has 0 radical (unpaired) electrons. The molecule has 0 aliphatic carbocycles. The molecular formula is C14H20N4OS. The minimum Gasteiger partial charge on any atom is -0.338 e. The summed E-state index contributed by atoms with van der Waals surface area (Å²) in [5, 5.41) is 5.13. The van der Waals surface area contributed by atoms with Gasteiger partial charge in [0.2, 0.25) is 5.91 Å². The number of likely N-dealkylation sites (N-methyl/N-ethyl adjacent to an activating group) is 1. The second kappa shape index (κ2) is 5.75. The molecule has 20 heavy (non-hydrogen) atoms. The van der Waals surface area contributed by atoms with Crippen molar-refractivity contribution in [3.63, 3.8) is 0 Å². The normalized spacial score (nSPS) is 12.4. The molecule has 0 bridgehead atoms. The molecule has 0 spiro atoms. The summed E-state index contributed by atoms with van der Waals surface area (Å²) in [6, 6.07) is 0.0466. The maximum absolute atomic E-state index is 12.3. The van der Waals surface area contributed by atoms with Crippen LogP contribution in [0.2, 0.25) is 0 Å². The highest BCUT2D eigenvalue weighted by atomic mass is 32.1. The Morgan fingerprint density at radius 3 is 2.70 bits per heavy atom. The van der Waals surface area contributed by atoms with Crippen molar-refractivity contribution in [2.75, 3.05) is 7.05 Å². The van der Waals surface area contributed by atoms with Crippen LogP contribution in [0.15, 0.2) is 12.4 Å². The van der Waals surface area contributed by atoms with Crippen molar-refractivity contribution in [3.05, 3.63) is 33.5 Å². The standard InChI is InChI=1S/C14H20N4OS/c1-9-14(20-11(3)16-9)10(2)18(5)13(19)6-12-7-15-17(4)8-12/h7-8,10H,6H2,1-5H3. The van der Waals surface area contributed by atoms with Crippen molar-refractivity contribution in [2.45, 2.75) is 33.2 Å². The third-order valence-corrected chi connectivity index (χ3v) is 4.65. The molecule has 5 nitrogen and oxygen atoms in total. The number of carbonyl (C=O) groups is 1. The molecule has 1 amide bonds. The van der Waals surface area contributed by atoms with Gasteiger partial charge in [-0.1, -0.05) is 0 Å². The number of thiazole rings is 1. The summed E-state index contributed by atoms with van der Waals surface area (Å²) in [5.41, 5.74) is 1.95. The average molecular weight is 292 g/mol. The Kier molecular flexibility index (Phi) is 4.23. The van der Waals surface area contributed by atoms with E-state index >= 15 is 0 Å². The molecule has 2 rings (SSSR count). The molecule has 108 valence electrons. The molecule has 1 atom stereocenters. The van der Waals surface area contributed by atoms with E-state index in [0.29, 0.717) is 6.42 Å². The Morgan fingerprint density at radius 1 is 1.50 bits per heavy atom.